The molecule has 0 bridgehead atoms. The topological polar surface area (TPSA) is 84.4 Å². The zero-order valence-corrected chi connectivity index (χ0v) is 17.9. The summed E-state index contributed by atoms with van der Waals surface area (Å²) in [6.45, 7) is 5.84. The maximum atomic E-state index is 12.4. The number of nitrogens with one attached hydrogen (secondary N) is 1. The number of amides is 2. The van der Waals surface area contributed by atoms with Gasteiger partial charge in [-0.3, -0.25) is 5.32 Å². The van der Waals surface area contributed by atoms with Crippen LogP contribution >= 0.6 is 24.3 Å². The van der Waals surface area contributed by atoms with Gasteiger partial charge in [0.25, 0.3) is 0 Å². The van der Waals surface area contributed by atoms with Gasteiger partial charge in [0, 0.05) is 11.5 Å². The molecule has 0 unspecified atom stereocenters. The van der Waals surface area contributed by atoms with Gasteiger partial charge in [-0.15, -0.1) is 5.10 Å². The number of hydrogen-bond acceptors (Lipinski definition) is 7. The van der Waals surface area contributed by atoms with Gasteiger partial charge >= 0.3 is 12.0 Å². The Morgan fingerprint density at radius 2 is 1.90 bits per heavy atom. The van der Waals surface area contributed by atoms with E-state index in [0.29, 0.717) is 28.6 Å². The van der Waals surface area contributed by atoms with Crippen molar-refractivity contribution in [2.45, 2.75) is 20.8 Å². The number of esters is 1. The fourth-order valence-electron chi connectivity index (χ4n) is 2.67. The zero-order valence-electron chi connectivity index (χ0n) is 16.2. The highest BCUT2D eigenvalue weighted by molar-refractivity contribution is 7.82. The molecule has 0 atom stereocenters. The molecular formula is C20H20N4O3S2. The van der Waals surface area contributed by atoms with Crippen molar-refractivity contribution in [1.82, 2.24) is 9.59 Å². The van der Waals surface area contributed by atoms with Crippen LogP contribution in [0.1, 0.15) is 28.5 Å². The van der Waals surface area contributed by atoms with Crippen LogP contribution in [0.5, 0.6) is 0 Å². The van der Waals surface area contributed by atoms with Crippen LogP contribution < -0.4 is 9.62 Å². The smallest absolute Gasteiger partial charge is 0.338 e. The lowest BCUT2D eigenvalue weighted by Gasteiger charge is -2.17. The second-order valence-electron chi connectivity index (χ2n) is 6.23. The number of aromatic nitrogens is 2. The van der Waals surface area contributed by atoms with Gasteiger partial charge in [0.2, 0.25) is 0 Å². The molecule has 1 heterocycles. The molecule has 1 N–H and O–H groups in total. The van der Waals surface area contributed by atoms with E-state index in [0.717, 1.165) is 28.2 Å². The van der Waals surface area contributed by atoms with Crippen LogP contribution in [0.2, 0.25) is 0 Å². The lowest BCUT2D eigenvalue weighted by Crippen LogP contribution is -2.26. The first-order chi connectivity index (χ1) is 13.9. The van der Waals surface area contributed by atoms with Crippen molar-refractivity contribution in [1.29, 1.82) is 0 Å². The first kappa shape index (κ1) is 20.8. The Labute approximate surface area is 178 Å². The quantitative estimate of drug-likeness (QED) is 0.447. The molecule has 3 rings (SSSR count). The number of nitrogens with zero attached hydrogens (tertiary/aromatic N) is 3. The SMILES string of the molecule is CCOC(=O)c1ccc(C)c(-c2ccc(N(S)C(=O)Nc3snnc3C)cc2)c1. The maximum Gasteiger partial charge on any atom is 0.338 e. The molecule has 0 spiro atoms. The van der Waals surface area contributed by atoms with Crippen LogP contribution in [-0.4, -0.2) is 28.2 Å². The molecule has 0 aliphatic heterocycles. The fourth-order valence-corrected chi connectivity index (χ4v) is 3.41. The number of aryl methyl sites for hydroxylation is 2. The molecule has 7 nitrogen and oxygen atoms in total. The van der Waals surface area contributed by atoms with Gasteiger partial charge in [-0.2, -0.15) is 0 Å². The molecule has 0 saturated carbocycles. The standard InChI is InChI=1S/C20H20N4O3S2/c1-4-27-19(25)15-6-5-12(2)17(11-15)14-7-9-16(10-8-14)24(28)20(26)21-18-13(3)22-23-29-18/h5-11,28H,4H2,1-3H3,(H,21,26). The summed E-state index contributed by atoms with van der Waals surface area (Å²) in [5.41, 5.74) is 4.62. The van der Waals surface area contributed by atoms with E-state index in [4.69, 9.17) is 4.74 Å². The van der Waals surface area contributed by atoms with Crippen molar-refractivity contribution in [3.8, 4) is 11.1 Å². The zero-order chi connectivity index (χ0) is 21.0. The number of hydrogen-bond donors (Lipinski definition) is 2. The Kier molecular flexibility index (Phi) is 6.50. The maximum absolute atomic E-state index is 12.4. The molecule has 0 aliphatic rings. The van der Waals surface area contributed by atoms with Gasteiger partial charge in [0.15, 0.2) is 0 Å². The lowest BCUT2D eigenvalue weighted by molar-refractivity contribution is 0.0526. The highest BCUT2D eigenvalue weighted by Gasteiger charge is 2.16. The Balaban J connectivity index is 1.79. The molecule has 1 aromatic heterocycles. The minimum atomic E-state index is -0.407. The molecule has 0 radical (unpaired) electrons. The van der Waals surface area contributed by atoms with Gasteiger partial charge < -0.3 is 4.74 Å². The number of rotatable bonds is 5. The van der Waals surface area contributed by atoms with E-state index in [1.54, 1.807) is 32.0 Å². The van der Waals surface area contributed by atoms with Crippen LogP contribution in [0.4, 0.5) is 15.5 Å². The van der Waals surface area contributed by atoms with Gasteiger partial charge in [0.1, 0.15) is 5.00 Å². The summed E-state index contributed by atoms with van der Waals surface area (Å²) >= 11 is 5.40. The molecular weight excluding hydrogens is 408 g/mol. The van der Waals surface area contributed by atoms with Crippen molar-refractivity contribution in [2.75, 3.05) is 16.2 Å². The fraction of sp³-hybridized carbons (Fsp3) is 0.200. The number of thiol groups is 1. The minimum absolute atomic E-state index is 0.327. The molecule has 0 saturated heterocycles. The molecule has 2 aromatic carbocycles. The van der Waals surface area contributed by atoms with Crippen molar-refractivity contribution in [3.63, 3.8) is 0 Å². The van der Waals surface area contributed by atoms with Crippen LogP contribution in [-0.2, 0) is 4.74 Å². The Bertz CT molecular complexity index is 1030. The summed E-state index contributed by atoms with van der Waals surface area (Å²) in [5.74, 6) is -0.351. The summed E-state index contributed by atoms with van der Waals surface area (Å²) in [6.07, 6.45) is 0. The molecule has 29 heavy (non-hydrogen) atoms. The third kappa shape index (κ3) is 4.75. The van der Waals surface area contributed by atoms with Crippen LogP contribution in [0.25, 0.3) is 11.1 Å². The van der Waals surface area contributed by atoms with Crippen LogP contribution in [0, 0.1) is 13.8 Å². The van der Waals surface area contributed by atoms with Crippen molar-refractivity contribution in [2.24, 2.45) is 0 Å². The largest absolute Gasteiger partial charge is 0.462 e. The van der Waals surface area contributed by atoms with E-state index < -0.39 is 6.03 Å². The summed E-state index contributed by atoms with van der Waals surface area (Å²) in [5, 5.41) is 7.17. The van der Waals surface area contributed by atoms with Crippen LogP contribution in [0.15, 0.2) is 42.5 Å². The molecule has 0 aliphatic carbocycles. The van der Waals surface area contributed by atoms with Crippen LogP contribution in [0.3, 0.4) is 0 Å². The minimum Gasteiger partial charge on any atom is -0.462 e. The second-order valence-corrected chi connectivity index (χ2v) is 7.38. The molecule has 3 aromatic rings. The summed E-state index contributed by atoms with van der Waals surface area (Å²) < 4.78 is 10.1. The number of ether oxygens (including phenoxy) is 1. The number of urea groups is 1. The summed E-state index contributed by atoms with van der Waals surface area (Å²) in [4.78, 5) is 24.4. The third-order valence-corrected chi connectivity index (χ3v) is 5.39. The number of carbonyl (C=O) groups is 2. The van der Waals surface area contributed by atoms with E-state index in [9.17, 15) is 9.59 Å². The van der Waals surface area contributed by atoms with Crippen molar-refractivity contribution >= 4 is 47.0 Å². The average Bonchev–Trinajstić information content (AvgIpc) is 3.12. The predicted octanol–water partition coefficient (Wildman–Crippen LogP) is 4.88. The van der Waals surface area contributed by atoms with Gasteiger partial charge in [-0.25, -0.2) is 13.9 Å². The van der Waals surface area contributed by atoms with Crippen molar-refractivity contribution in [3.05, 3.63) is 59.3 Å². The molecule has 9 heteroatoms. The van der Waals surface area contributed by atoms with E-state index in [1.807, 2.05) is 31.2 Å². The average molecular weight is 429 g/mol. The summed E-state index contributed by atoms with van der Waals surface area (Å²) in [7, 11) is 0. The van der Waals surface area contributed by atoms with Gasteiger partial charge in [0.05, 0.1) is 23.6 Å². The Morgan fingerprint density at radius 1 is 1.17 bits per heavy atom. The summed E-state index contributed by atoms with van der Waals surface area (Å²) in [6, 6.07) is 12.4. The third-order valence-electron chi connectivity index (χ3n) is 4.24. The predicted molar refractivity (Wildman–Crippen MR) is 118 cm³/mol. The molecule has 2 amide bonds. The Hall–Kier alpha value is -2.91. The van der Waals surface area contributed by atoms with Gasteiger partial charge in [-0.05, 0) is 61.7 Å². The Morgan fingerprint density at radius 3 is 2.52 bits per heavy atom. The number of anilines is 2. The van der Waals surface area contributed by atoms with E-state index in [1.165, 1.54) is 4.31 Å². The number of carbonyl (C=O) groups excluding carboxylic acids is 2. The lowest BCUT2D eigenvalue weighted by atomic mass is 9.98. The highest BCUT2D eigenvalue weighted by Crippen LogP contribution is 2.28. The van der Waals surface area contributed by atoms with Gasteiger partial charge in [-0.1, -0.05) is 35.5 Å². The van der Waals surface area contributed by atoms with E-state index >= 15 is 0 Å². The second kappa shape index (κ2) is 9.06. The highest BCUT2D eigenvalue weighted by atomic mass is 32.1. The van der Waals surface area contributed by atoms with E-state index in [-0.39, 0.29) is 5.97 Å². The first-order valence-electron chi connectivity index (χ1n) is 8.88. The van der Waals surface area contributed by atoms with Crippen molar-refractivity contribution < 1.29 is 14.3 Å². The first-order valence-corrected chi connectivity index (χ1v) is 10.0. The normalized spacial score (nSPS) is 10.5. The monoisotopic (exact) mass is 428 g/mol. The van der Waals surface area contributed by atoms with E-state index in [2.05, 4.69) is 27.7 Å². The number of benzene rings is 2. The molecule has 0 fully saturated rings. The molecule has 150 valence electrons.